The van der Waals surface area contributed by atoms with Gasteiger partial charge in [-0.25, -0.2) is 9.18 Å². The number of amides is 4. The Labute approximate surface area is 330 Å². The summed E-state index contributed by atoms with van der Waals surface area (Å²) in [6.45, 7) is 5.22. The lowest BCUT2D eigenvalue weighted by atomic mass is 10.1. The van der Waals surface area contributed by atoms with Gasteiger partial charge in [-0.15, -0.1) is 23.1 Å². The smallest absolute Gasteiger partial charge is 0.341 e. The molecule has 5 aromatic rings. The summed E-state index contributed by atoms with van der Waals surface area (Å²) in [7, 11) is 0. The van der Waals surface area contributed by atoms with Gasteiger partial charge in [0.15, 0.2) is 0 Å². The van der Waals surface area contributed by atoms with Crippen molar-refractivity contribution >= 4 is 86.7 Å². The van der Waals surface area contributed by atoms with Crippen LogP contribution in [0.15, 0.2) is 114 Å². The van der Waals surface area contributed by atoms with E-state index >= 15 is 0 Å². The van der Waals surface area contributed by atoms with E-state index in [1.54, 1.807) is 92.7 Å². The Morgan fingerprint density at radius 2 is 1.51 bits per heavy atom. The average molecular weight is 799 g/mol. The zero-order valence-corrected chi connectivity index (χ0v) is 32.3. The van der Waals surface area contributed by atoms with Crippen molar-refractivity contribution in [3.8, 4) is 0 Å². The second-order valence-corrected chi connectivity index (χ2v) is 14.5. The molecule has 4 N–H and O–H groups in total. The Kier molecular flexibility index (Phi) is 14.0. The van der Waals surface area contributed by atoms with Crippen LogP contribution in [0.3, 0.4) is 0 Å². The molecule has 55 heavy (non-hydrogen) atoms. The highest BCUT2D eigenvalue weighted by Gasteiger charge is 2.29. The molecule has 1 heterocycles. The Hall–Kier alpha value is -5.76. The number of anilines is 3. The molecular weight excluding hydrogens is 763 g/mol. The Morgan fingerprint density at radius 1 is 0.836 bits per heavy atom. The van der Waals surface area contributed by atoms with Gasteiger partial charge in [0, 0.05) is 27.4 Å². The van der Waals surface area contributed by atoms with Gasteiger partial charge in [-0.1, -0.05) is 67.1 Å². The largest absolute Gasteiger partial charge is 0.462 e. The van der Waals surface area contributed by atoms with E-state index in [4.69, 9.17) is 16.3 Å². The number of carbonyl (C=O) groups excluding carboxylic acids is 5. The molecule has 282 valence electrons. The van der Waals surface area contributed by atoms with E-state index in [2.05, 4.69) is 21.3 Å². The number of thiophene rings is 1. The Balaban J connectivity index is 1.34. The van der Waals surface area contributed by atoms with Crippen LogP contribution in [0.5, 0.6) is 0 Å². The second-order valence-electron chi connectivity index (χ2n) is 11.8. The molecule has 0 radical (unpaired) electrons. The quantitative estimate of drug-likeness (QED) is 0.0499. The fourth-order valence-corrected chi connectivity index (χ4v) is 7.56. The summed E-state index contributed by atoms with van der Waals surface area (Å²) in [6.07, 6.45) is 1.55. The number of ether oxygens (including phenoxy) is 1. The van der Waals surface area contributed by atoms with Crippen molar-refractivity contribution in [1.29, 1.82) is 0 Å². The first-order chi connectivity index (χ1) is 26.5. The maximum atomic E-state index is 14.8. The number of para-hydroxylation sites is 1. The molecule has 0 spiro atoms. The third-order valence-electron chi connectivity index (χ3n) is 7.95. The average Bonchev–Trinajstić information content (AvgIpc) is 3.50. The lowest BCUT2D eigenvalue weighted by molar-refractivity contribution is -0.116. The third-order valence-corrected chi connectivity index (χ3v) is 10.8. The molecule has 14 heteroatoms. The monoisotopic (exact) mass is 798 g/mol. The highest BCUT2D eigenvalue weighted by atomic mass is 35.5. The minimum Gasteiger partial charge on any atom is -0.462 e. The standard InChI is InChI=1S/C41H36ClFN4O6S2/c1-4-33(38(50)47-40-34(41(52)53-5-2)24(3)35(55-40)39(51)44-26-16-10-7-11-17-26)54-28-19-12-18-27(22-28)45-37(49)32(23-29-30(42)20-13-21-31(29)43)46-36(48)25-14-8-6-9-15-25/h6-23,33H,4-5H2,1-3H3,(H,44,51)(H,45,49)(H,46,48)(H,47,50)/b32-23+. The number of halogens is 2. The SMILES string of the molecule is CCOC(=O)c1c(NC(=O)C(CC)Sc2cccc(NC(=O)/C(=C\c3c(F)cccc3Cl)NC(=O)c3ccccc3)c2)sc(C(=O)Nc2ccccc2)c1C. The van der Waals surface area contributed by atoms with Crippen LogP contribution in [-0.4, -0.2) is 41.5 Å². The van der Waals surface area contributed by atoms with Gasteiger partial charge in [0.1, 0.15) is 16.5 Å². The van der Waals surface area contributed by atoms with Crippen LogP contribution in [0.2, 0.25) is 5.02 Å². The van der Waals surface area contributed by atoms with Gasteiger partial charge in [-0.3, -0.25) is 19.2 Å². The summed E-state index contributed by atoms with van der Waals surface area (Å²) in [5.41, 5.74) is 1.32. The van der Waals surface area contributed by atoms with Crippen LogP contribution in [0.1, 0.15) is 61.8 Å². The van der Waals surface area contributed by atoms with Crippen molar-refractivity contribution < 1.29 is 33.1 Å². The van der Waals surface area contributed by atoms with Crippen LogP contribution in [-0.2, 0) is 14.3 Å². The van der Waals surface area contributed by atoms with Gasteiger partial charge in [-0.05, 0) is 86.5 Å². The fraction of sp³-hybridized carbons (Fsp3) is 0.146. The lowest BCUT2D eigenvalue weighted by Gasteiger charge is -2.16. The molecule has 4 amide bonds. The first-order valence-electron chi connectivity index (χ1n) is 17.1. The van der Waals surface area contributed by atoms with Gasteiger partial charge in [0.2, 0.25) is 5.91 Å². The number of thioether (sulfide) groups is 1. The predicted octanol–water partition coefficient (Wildman–Crippen LogP) is 9.20. The molecule has 4 aromatic carbocycles. The van der Waals surface area contributed by atoms with E-state index in [0.29, 0.717) is 28.3 Å². The zero-order valence-electron chi connectivity index (χ0n) is 29.9. The molecule has 0 aliphatic rings. The van der Waals surface area contributed by atoms with E-state index in [1.165, 1.54) is 30.0 Å². The first kappa shape index (κ1) is 40.4. The van der Waals surface area contributed by atoms with Crippen molar-refractivity contribution in [2.75, 3.05) is 22.6 Å². The molecule has 0 aliphatic heterocycles. The van der Waals surface area contributed by atoms with Crippen molar-refractivity contribution in [3.05, 3.63) is 147 Å². The molecule has 0 fully saturated rings. The third kappa shape index (κ3) is 10.5. The fourth-order valence-electron chi connectivity index (χ4n) is 5.24. The molecule has 1 unspecified atom stereocenters. The molecule has 1 atom stereocenters. The van der Waals surface area contributed by atoms with Crippen LogP contribution >= 0.6 is 34.7 Å². The number of carbonyl (C=O) groups is 5. The van der Waals surface area contributed by atoms with Crippen molar-refractivity contribution in [1.82, 2.24) is 5.32 Å². The molecule has 1 aromatic heterocycles. The Bertz CT molecular complexity index is 2230. The van der Waals surface area contributed by atoms with E-state index in [1.807, 2.05) is 13.0 Å². The molecule has 0 bridgehead atoms. The number of benzene rings is 4. The minimum atomic E-state index is -0.748. The maximum absolute atomic E-state index is 14.8. The van der Waals surface area contributed by atoms with Crippen LogP contribution in [0, 0.1) is 12.7 Å². The number of rotatable bonds is 14. The van der Waals surface area contributed by atoms with Crippen molar-refractivity contribution in [2.24, 2.45) is 0 Å². The normalized spacial score (nSPS) is 11.6. The summed E-state index contributed by atoms with van der Waals surface area (Å²) in [4.78, 5) is 67.5. The van der Waals surface area contributed by atoms with Gasteiger partial charge in [0.25, 0.3) is 17.7 Å². The van der Waals surface area contributed by atoms with Crippen LogP contribution in [0.4, 0.5) is 20.8 Å². The molecule has 5 rings (SSSR count). The number of hydrogen-bond donors (Lipinski definition) is 4. The van der Waals surface area contributed by atoms with E-state index in [9.17, 15) is 28.4 Å². The minimum absolute atomic E-state index is 0.0419. The van der Waals surface area contributed by atoms with E-state index in [-0.39, 0.29) is 43.9 Å². The van der Waals surface area contributed by atoms with Gasteiger partial charge in [-0.2, -0.15) is 0 Å². The predicted molar refractivity (Wildman–Crippen MR) is 216 cm³/mol. The van der Waals surface area contributed by atoms with E-state index in [0.717, 1.165) is 17.4 Å². The summed E-state index contributed by atoms with van der Waals surface area (Å²) in [6, 6.07) is 27.9. The Morgan fingerprint density at radius 3 is 2.18 bits per heavy atom. The topological polar surface area (TPSA) is 143 Å². The summed E-state index contributed by atoms with van der Waals surface area (Å²) in [5, 5.41) is 10.5. The highest BCUT2D eigenvalue weighted by molar-refractivity contribution is 8.00. The first-order valence-corrected chi connectivity index (χ1v) is 19.1. The second kappa shape index (κ2) is 19.0. The van der Waals surface area contributed by atoms with Crippen molar-refractivity contribution in [3.63, 3.8) is 0 Å². The molecule has 0 saturated heterocycles. The van der Waals surface area contributed by atoms with Gasteiger partial charge < -0.3 is 26.0 Å². The van der Waals surface area contributed by atoms with Crippen LogP contribution < -0.4 is 21.3 Å². The molecular formula is C41H36ClFN4O6S2. The highest BCUT2D eigenvalue weighted by Crippen LogP contribution is 2.36. The van der Waals surface area contributed by atoms with Gasteiger partial charge >= 0.3 is 5.97 Å². The lowest BCUT2D eigenvalue weighted by Crippen LogP contribution is -2.30. The molecule has 0 saturated carbocycles. The van der Waals surface area contributed by atoms with Crippen LogP contribution in [0.25, 0.3) is 6.08 Å². The molecule has 0 aliphatic carbocycles. The molecule has 10 nitrogen and oxygen atoms in total. The maximum Gasteiger partial charge on any atom is 0.341 e. The summed E-state index contributed by atoms with van der Waals surface area (Å²) >= 11 is 8.43. The zero-order chi connectivity index (χ0) is 39.5. The van der Waals surface area contributed by atoms with E-state index < -0.39 is 40.7 Å². The summed E-state index contributed by atoms with van der Waals surface area (Å²) < 4.78 is 20.0. The number of hydrogen-bond acceptors (Lipinski definition) is 8. The number of esters is 1. The van der Waals surface area contributed by atoms with Gasteiger partial charge in [0.05, 0.1) is 27.3 Å². The summed E-state index contributed by atoms with van der Waals surface area (Å²) in [5.74, 6) is -3.55. The van der Waals surface area contributed by atoms with Crippen molar-refractivity contribution in [2.45, 2.75) is 37.3 Å². The number of nitrogens with one attached hydrogen (secondary N) is 4.